The first-order valence-corrected chi connectivity index (χ1v) is 8.81. The smallest absolute Gasteiger partial charge is 0.410 e. The van der Waals surface area contributed by atoms with Gasteiger partial charge >= 0.3 is 12.1 Å². The van der Waals surface area contributed by atoms with E-state index in [0.29, 0.717) is 6.54 Å². The fourth-order valence-corrected chi connectivity index (χ4v) is 2.36. The third-order valence-electron chi connectivity index (χ3n) is 3.96. The highest BCUT2D eigenvalue weighted by Crippen LogP contribution is 2.08. The molecule has 0 aliphatic heterocycles. The van der Waals surface area contributed by atoms with Crippen molar-refractivity contribution < 1.29 is 24.2 Å². The number of pyridine rings is 1. The van der Waals surface area contributed by atoms with Crippen molar-refractivity contribution in [1.29, 1.82) is 0 Å². The highest BCUT2D eigenvalue weighted by molar-refractivity contribution is 5.79. The maximum atomic E-state index is 12.1. The van der Waals surface area contributed by atoms with Gasteiger partial charge < -0.3 is 20.1 Å². The number of nitrogens with zero attached hydrogens (tertiary/aromatic N) is 2. The average molecular weight is 385 g/mol. The maximum Gasteiger partial charge on any atom is 0.410 e. The molecule has 0 unspecified atom stereocenters. The van der Waals surface area contributed by atoms with E-state index in [-0.39, 0.29) is 25.3 Å². The van der Waals surface area contributed by atoms with Crippen LogP contribution >= 0.6 is 0 Å². The number of ether oxygens (including phenoxy) is 1. The third-order valence-corrected chi connectivity index (χ3v) is 3.96. The Morgan fingerprint density at radius 3 is 2.50 bits per heavy atom. The van der Waals surface area contributed by atoms with Gasteiger partial charge in [0.1, 0.15) is 0 Å². The molecule has 0 aliphatic rings. The number of carbonyl (C=O) groups is 3. The highest BCUT2D eigenvalue weighted by atomic mass is 16.6. The normalized spacial score (nSPS) is 11.3. The van der Waals surface area contributed by atoms with Crippen LogP contribution < -0.4 is 5.32 Å². The molecule has 0 saturated carbocycles. The molecule has 0 bridgehead atoms. The van der Waals surface area contributed by atoms with Crippen LogP contribution in [0.15, 0.2) is 54.7 Å². The van der Waals surface area contributed by atoms with E-state index in [1.54, 1.807) is 42.6 Å². The van der Waals surface area contributed by atoms with Gasteiger partial charge in [-0.3, -0.25) is 9.78 Å². The van der Waals surface area contributed by atoms with E-state index in [1.807, 2.05) is 12.1 Å². The van der Waals surface area contributed by atoms with E-state index in [0.717, 1.165) is 11.3 Å². The quantitative estimate of drug-likeness (QED) is 0.682. The van der Waals surface area contributed by atoms with Crippen molar-refractivity contribution in [3.8, 4) is 0 Å². The van der Waals surface area contributed by atoms with Crippen LogP contribution in [0.25, 0.3) is 0 Å². The SMILES string of the molecule is CN(CCC(=O)NCc1ccccn1)C(=O)O[C@@H](Cc1ccccc1)C(=O)O. The van der Waals surface area contributed by atoms with Gasteiger partial charge in [0.2, 0.25) is 12.0 Å². The lowest BCUT2D eigenvalue weighted by Crippen LogP contribution is -2.37. The second-order valence-corrected chi connectivity index (χ2v) is 6.17. The predicted octanol–water partition coefficient (Wildman–Crippen LogP) is 1.85. The zero-order valence-electron chi connectivity index (χ0n) is 15.6. The van der Waals surface area contributed by atoms with Crippen molar-refractivity contribution >= 4 is 18.0 Å². The number of aromatic nitrogens is 1. The highest BCUT2D eigenvalue weighted by Gasteiger charge is 2.24. The zero-order chi connectivity index (χ0) is 20.4. The van der Waals surface area contributed by atoms with Gasteiger partial charge in [0.15, 0.2) is 0 Å². The number of rotatable bonds is 9. The predicted molar refractivity (Wildman–Crippen MR) is 101 cm³/mol. The minimum Gasteiger partial charge on any atom is -0.478 e. The first-order chi connectivity index (χ1) is 13.5. The van der Waals surface area contributed by atoms with E-state index in [4.69, 9.17) is 4.74 Å². The first-order valence-electron chi connectivity index (χ1n) is 8.81. The van der Waals surface area contributed by atoms with Crippen molar-refractivity contribution in [3.05, 3.63) is 66.0 Å². The standard InChI is InChI=1S/C20H23N3O5/c1-23(12-10-18(24)22-14-16-9-5-6-11-21-16)20(27)28-17(19(25)26)13-15-7-3-2-4-8-15/h2-9,11,17H,10,12-14H2,1H3,(H,22,24)(H,25,26)/t17-/m0/s1. The van der Waals surface area contributed by atoms with Crippen LogP contribution in [-0.4, -0.2) is 52.7 Å². The number of hydrogen-bond donors (Lipinski definition) is 2. The molecule has 2 aromatic rings. The van der Waals surface area contributed by atoms with Gasteiger partial charge in [0, 0.05) is 32.6 Å². The summed E-state index contributed by atoms with van der Waals surface area (Å²) < 4.78 is 5.08. The molecule has 0 radical (unpaired) electrons. The van der Waals surface area contributed by atoms with Gasteiger partial charge in [-0.1, -0.05) is 36.4 Å². The van der Waals surface area contributed by atoms with Gasteiger partial charge in [-0.2, -0.15) is 0 Å². The molecule has 8 nitrogen and oxygen atoms in total. The van der Waals surface area contributed by atoms with Crippen molar-refractivity contribution in [2.24, 2.45) is 0 Å². The van der Waals surface area contributed by atoms with Gasteiger partial charge in [-0.15, -0.1) is 0 Å². The molecular formula is C20H23N3O5. The zero-order valence-corrected chi connectivity index (χ0v) is 15.6. The third kappa shape index (κ3) is 7.06. The Kier molecular flexibility index (Phi) is 7.95. The lowest BCUT2D eigenvalue weighted by molar-refractivity contribution is -0.147. The number of amides is 2. The Balaban J connectivity index is 1.77. The minimum absolute atomic E-state index is 0.0643. The summed E-state index contributed by atoms with van der Waals surface area (Å²) in [5.74, 6) is -1.47. The molecule has 1 aromatic carbocycles. The number of carboxylic acids is 1. The molecule has 0 aliphatic carbocycles. The molecule has 0 spiro atoms. The van der Waals surface area contributed by atoms with E-state index < -0.39 is 18.2 Å². The number of aliphatic carboxylic acids is 1. The summed E-state index contributed by atoms with van der Waals surface area (Å²) in [6, 6.07) is 14.3. The molecule has 1 atom stereocenters. The molecule has 0 saturated heterocycles. The van der Waals surface area contributed by atoms with Crippen molar-refractivity contribution in [1.82, 2.24) is 15.2 Å². The van der Waals surface area contributed by atoms with E-state index in [9.17, 15) is 19.5 Å². The van der Waals surface area contributed by atoms with Crippen molar-refractivity contribution in [3.63, 3.8) is 0 Å². The number of hydrogen-bond acceptors (Lipinski definition) is 5. The van der Waals surface area contributed by atoms with E-state index >= 15 is 0 Å². The number of carboxylic acid groups (broad SMARTS) is 1. The Labute approximate surface area is 163 Å². The number of carbonyl (C=O) groups excluding carboxylic acids is 2. The van der Waals surface area contributed by atoms with Crippen LogP contribution in [0.5, 0.6) is 0 Å². The topological polar surface area (TPSA) is 109 Å². The summed E-state index contributed by atoms with van der Waals surface area (Å²) in [7, 11) is 1.45. The van der Waals surface area contributed by atoms with Gasteiger partial charge in [-0.25, -0.2) is 9.59 Å². The van der Waals surface area contributed by atoms with Crippen LogP contribution in [0.2, 0.25) is 0 Å². The van der Waals surface area contributed by atoms with Crippen LogP contribution in [0.3, 0.4) is 0 Å². The van der Waals surface area contributed by atoms with Gasteiger partial charge in [0.25, 0.3) is 0 Å². The Morgan fingerprint density at radius 2 is 1.86 bits per heavy atom. The molecule has 28 heavy (non-hydrogen) atoms. The van der Waals surface area contributed by atoms with E-state index in [1.165, 1.54) is 11.9 Å². The molecule has 0 fully saturated rings. The monoisotopic (exact) mass is 385 g/mol. The second-order valence-electron chi connectivity index (χ2n) is 6.17. The molecule has 148 valence electrons. The minimum atomic E-state index is -1.30. The lowest BCUT2D eigenvalue weighted by atomic mass is 10.1. The second kappa shape index (κ2) is 10.7. The van der Waals surface area contributed by atoms with Crippen molar-refractivity contribution in [2.75, 3.05) is 13.6 Å². The summed E-state index contributed by atoms with van der Waals surface area (Å²) in [5.41, 5.74) is 1.48. The summed E-state index contributed by atoms with van der Waals surface area (Å²) in [5, 5.41) is 12.0. The maximum absolute atomic E-state index is 12.1. The van der Waals surface area contributed by atoms with Crippen LogP contribution in [0.4, 0.5) is 4.79 Å². The molecule has 2 N–H and O–H groups in total. The molecule has 1 heterocycles. The van der Waals surface area contributed by atoms with Gasteiger partial charge in [0.05, 0.1) is 12.2 Å². The average Bonchev–Trinajstić information content (AvgIpc) is 2.71. The molecule has 8 heteroatoms. The van der Waals surface area contributed by atoms with Crippen LogP contribution in [-0.2, 0) is 27.3 Å². The number of nitrogens with one attached hydrogen (secondary N) is 1. The van der Waals surface area contributed by atoms with Crippen LogP contribution in [0, 0.1) is 0 Å². The summed E-state index contributed by atoms with van der Waals surface area (Å²) in [4.78, 5) is 40.7. The largest absolute Gasteiger partial charge is 0.478 e. The lowest BCUT2D eigenvalue weighted by Gasteiger charge is -2.20. The Bertz CT molecular complexity index is 783. The first kappa shape index (κ1) is 20.9. The molecular weight excluding hydrogens is 362 g/mol. The fourth-order valence-electron chi connectivity index (χ4n) is 2.36. The summed E-state index contributed by atoms with van der Waals surface area (Å²) in [6.07, 6.45) is -0.314. The molecule has 2 rings (SSSR count). The number of benzene rings is 1. The Hall–Kier alpha value is -3.42. The van der Waals surface area contributed by atoms with Gasteiger partial charge in [-0.05, 0) is 17.7 Å². The summed E-state index contributed by atoms with van der Waals surface area (Å²) >= 11 is 0. The summed E-state index contributed by atoms with van der Waals surface area (Å²) in [6.45, 7) is 0.399. The molecule has 2 amide bonds. The molecule has 1 aromatic heterocycles. The fraction of sp³-hybridized carbons (Fsp3) is 0.300. The van der Waals surface area contributed by atoms with Crippen LogP contribution in [0.1, 0.15) is 17.7 Å². The van der Waals surface area contributed by atoms with Crippen molar-refractivity contribution in [2.45, 2.75) is 25.5 Å². The Morgan fingerprint density at radius 1 is 1.14 bits per heavy atom. The van der Waals surface area contributed by atoms with E-state index in [2.05, 4.69) is 10.3 Å².